The van der Waals surface area contributed by atoms with Gasteiger partial charge in [-0.15, -0.1) is 11.3 Å². The minimum absolute atomic E-state index is 0.0266. The van der Waals surface area contributed by atoms with Gasteiger partial charge < -0.3 is 33.5 Å². The summed E-state index contributed by atoms with van der Waals surface area (Å²) >= 11 is 1.73. The van der Waals surface area contributed by atoms with Crippen molar-refractivity contribution in [1.29, 1.82) is 0 Å². The molecule has 1 saturated carbocycles. The molecule has 3 fully saturated rings. The molecule has 1 N–H and O–H groups in total. The second kappa shape index (κ2) is 15.7. The van der Waals surface area contributed by atoms with Crippen LogP contribution in [-0.2, 0) is 38.0 Å². The maximum atomic E-state index is 14.3. The number of methoxy groups -OCH3 is 3. The van der Waals surface area contributed by atoms with Crippen molar-refractivity contribution in [2.45, 2.75) is 133 Å². The lowest BCUT2D eigenvalue weighted by molar-refractivity contribution is -0.314. The summed E-state index contributed by atoms with van der Waals surface area (Å²) in [4.78, 5) is 34.6. The average molecular weight is 738 g/mol. The Morgan fingerprint density at radius 3 is 2.38 bits per heavy atom. The van der Waals surface area contributed by atoms with Gasteiger partial charge in [0.1, 0.15) is 29.4 Å². The zero-order chi connectivity index (χ0) is 36.8. The number of fused-ring (bicyclic) bond motifs is 8. The molecular formula is C41H55NO9S. The molecule has 2 aromatic rings. The van der Waals surface area contributed by atoms with Gasteiger partial charge in [0, 0.05) is 55.4 Å². The smallest absolute Gasteiger partial charge is 0.306 e. The summed E-state index contributed by atoms with van der Waals surface area (Å²) in [6.07, 6.45) is 3.16. The SMILES string of the molecule is CC[C@H]1CCC[C@H](O)[C@@H](C)C(=O)C2=C[C@H]3[C@@H]4C[C@H](O[C@@H]5OC(C)[C@H](OC)C(OC)[C@@H]5OC)C[C@H]4c4sc(-c5ccc(C)cc5)nc4[C@H]3[C@@H]2CC(=O)O1. The lowest BCUT2D eigenvalue weighted by Gasteiger charge is -2.44. The molecular weight excluding hydrogens is 683 g/mol. The Kier molecular flexibility index (Phi) is 11.4. The first-order valence-electron chi connectivity index (χ1n) is 19.2. The number of esters is 1. The number of aliphatic hydroxyl groups excluding tert-OH is 1. The number of allylic oxidation sites excluding steroid dienone is 2. The highest BCUT2D eigenvalue weighted by atomic mass is 32.1. The van der Waals surface area contributed by atoms with Crippen molar-refractivity contribution in [3.63, 3.8) is 0 Å². The molecule has 2 saturated heterocycles. The minimum atomic E-state index is -0.760. The van der Waals surface area contributed by atoms with E-state index in [1.807, 2.05) is 20.8 Å². The lowest BCUT2D eigenvalue weighted by Crippen LogP contribution is -2.59. The zero-order valence-corrected chi connectivity index (χ0v) is 32.3. The predicted molar refractivity (Wildman–Crippen MR) is 196 cm³/mol. The summed E-state index contributed by atoms with van der Waals surface area (Å²) in [7, 11) is 4.95. The third kappa shape index (κ3) is 6.95. The molecule has 1 aromatic carbocycles. The van der Waals surface area contributed by atoms with Gasteiger partial charge in [-0.1, -0.05) is 49.8 Å². The van der Waals surface area contributed by atoms with Crippen molar-refractivity contribution in [2.24, 2.45) is 23.7 Å². The van der Waals surface area contributed by atoms with E-state index in [0.29, 0.717) is 31.3 Å². The Morgan fingerprint density at radius 2 is 1.69 bits per heavy atom. The molecule has 1 aromatic heterocycles. The molecule has 3 aliphatic carbocycles. The van der Waals surface area contributed by atoms with Gasteiger partial charge in [-0.3, -0.25) is 9.59 Å². The number of ether oxygens (including phenoxy) is 6. The first-order chi connectivity index (χ1) is 25.1. The van der Waals surface area contributed by atoms with E-state index >= 15 is 0 Å². The number of cyclic esters (lactones) is 1. The van der Waals surface area contributed by atoms with E-state index in [2.05, 4.69) is 37.3 Å². The van der Waals surface area contributed by atoms with Crippen LogP contribution in [0.25, 0.3) is 10.6 Å². The Bertz CT molecular complexity index is 1620. The van der Waals surface area contributed by atoms with Crippen LogP contribution in [0.15, 0.2) is 35.9 Å². The third-order valence-electron chi connectivity index (χ3n) is 12.6. The van der Waals surface area contributed by atoms with Crippen molar-refractivity contribution < 1.29 is 43.1 Å². The van der Waals surface area contributed by atoms with Gasteiger partial charge >= 0.3 is 5.97 Å². The van der Waals surface area contributed by atoms with Crippen molar-refractivity contribution in [3.05, 3.63) is 52.0 Å². The minimum Gasteiger partial charge on any atom is -0.462 e. The van der Waals surface area contributed by atoms with E-state index in [1.54, 1.807) is 32.7 Å². The lowest BCUT2D eigenvalue weighted by atomic mass is 9.67. The highest BCUT2D eigenvalue weighted by Crippen LogP contribution is 2.63. The molecule has 5 aliphatic rings. The Morgan fingerprint density at radius 1 is 0.962 bits per heavy atom. The molecule has 2 unspecified atom stereocenters. The number of Topliss-reactive ketones (excluding diaryl/α,β-unsaturated/α-hetero) is 1. The second-order valence-electron chi connectivity index (χ2n) is 15.7. The first-order valence-corrected chi connectivity index (χ1v) is 20.0. The molecule has 11 heteroatoms. The van der Waals surface area contributed by atoms with E-state index in [0.717, 1.165) is 29.1 Å². The monoisotopic (exact) mass is 737 g/mol. The first kappa shape index (κ1) is 37.8. The average Bonchev–Trinajstić information content (AvgIpc) is 3.85. The van der Waals surface area contributed by atoms with Crippen molar-refractivity contribution in [2.75, 3.05) is 21.3 Å². The van der Waals surface area contributed by atoms with Crippen LogP contribution in [-0.4, -0.2) is 92.2 Å². The fourth-order valence-electron chi connectivity index (χ4n) is 9.80. The van der Waals surface area contributed by atoms with E-state index < -0.39 is 30.3 Å². The van der Waals surface area contributed by atoms with Gasteiger partial charge in [-0.2, -0.15) is 0 Å². The number of aliphatic hydroxyl groups is 1. The van der Waals surface area contributed by atoms with Crippen LogP contribution >= 0.6 is 11.3 Å². The van der Waals surface area contributed by atoms with Crippen LogP contribution in [0.1, 0.15) is 93.7 Å². The van der Waals surface area contributed by atoms with Crippen LogP contribution in [0.4, 0.5) is 0 Å². The summed E-state index contributed by atoms with van der Waals surface area (Å²) in [5.74, 6) is -1.19. The van der Waals surface area contributed by atoms with Crippen LogP contribution in [0.5, 0.6) is 0 Å². The van der Waals surface area contributed by atoms with Gasteiger partial charge in [-0.05, 0) is 69.8 Å². The molecule has 284 valence electrons. The number of ketones is 1. The van der Waals surface area contributed by atoms with Gasteiger partial charge in [0.25, 0.3) is 0 Å². The molecule has 0 spiro atoms. The highest BCUT2D eigenvalue weighted by molar-refractivity contribution is 7.15. The fraction of sp³-hybridized carbons (Fsp3) is 0.683. The van der Waals surface area contributed by atoms with Crippen molar-refractivity contribution in [3.8, 4) is 10.6 Å². The zero-order valence-electron chi connectivity index (χ0n) is 31.5. The molecule has 2 aliphatic heterocycles. The maximum Gasteiger partial charge on any atom is 0.306 e. The normalized spacial score (nSPS) is 39.3. The number of carbonyl (C=O) groups excluding carboxylic acids is 2. The number of hydrogen-bond donors (Lipinski definition) is 1. The van der Waals surface area contributed by atoms with Crippen molar-refractivity contribution >= 4 is 23.1 Å². The van der Waals surface area contributed by atoms with E-state index in [9.17, 15) is 14.7 Å². The van der Waals surface area contributed by atoms with E-state index in [4.69, 9.17) is 33.4 Å². The van der Waals surface area contributed by atoms with Gasteiger partial charge in [0.2, 0.25) is 0 Å². The molecule has 7 rings (SSSR count). The third-order valence-corrected chi connectivity index (χ3v) is 13.9. The summed E-state index contributed by atoms with van der Waals surface area (Å²) in [6, 6.07) is 8.44. The predicted octanol–water partition coefficient (Wildman–Crippen LogP) is 6.52. The largest absolute Gasteiger partial charge is 0.462 e. The topological polar surface area (TPSA) is 123 Å². The Balaban J connectivity index is 1.26. The maximum absolute atomic E-state index is 14.3. The number of thiazole rings is 1. The molecule has 0 radical (unpaired) electrons. The molecule has 0 bridgehead atoms. The van der Waals surface area contributed by atoms with Crippen LogP contribution in [0.2, 0.25) is 0 Å². The summed E-state index contributed by atoms with van der Waals surface area (Å²) in [5, 5.41) is 12.1. The molecule has 3 heterocycles. The van der Waals surface area contributed by atoms with E-state index in [-0.39, 0.29) is 72.4 Å². The van der Waals surface area contributed by atoms with Gasteiger partial charge in [0.05, 0.1) is 30.4 Å². The number of rotatable bonds is 7. The molecule has 0 amide bonds. The summed E-state index contributed by atoms with van der Waals surface area (Å²) < 4.78 is 36.8. The van der Waals surface area contributed by atoms with Crippen LogP contribution in [0, 0.1) is 30.6 Å². The molecule has 10 nitrogen and oxygen atoms in total. The second-order valence-corrected chi connectivity index (χ2v) is 16.7. The standard InChI is InChI=1S/C41H55NO9S/c1-8-24-10-9-11-31(43)21(3)35(45)29-18-27-26-16-25(51-41-38(48-7)37(47-6)36(46-5)22(4)49-41)17-30(26)39-34(33(27)28(29)19-32(44)50-24)42-40(52-39)23-14-12-20(2)13-15-23/h12-15,18,21-22,24-28,30-31,33,36-38,41,43H,8-11,16-17,19H2,1-7H3/t21-,22?,24+,25+,26+,27+,28-,30-,31+,33-,36+,37?,38+,41+/m1/s1. The van der Waals surface area contributed by atoms with Crippen molar-refractivity contribution in [1.82, 2.24) is 4.98 Å². The van der Waals surface area contributed by atoms with Gasteiger partial charge in [-0.25, -0.2) is 4.98 Å². The van der Waals surface area contributed by atoms with E-state index in [1.165, 1.54) is 10.4 Å². The number of nitrogens with zero attached hydrogens (tertiary/aromatic N) is 1. The number of aryl methyl sites for hydroxylation is 1. The number of carbonyl (C=O) groups is 2. The van der Waals surface area contributed by atoms with Crippen LogP contribution < -0.4 is 0 Å². The molecule has 52 heavy (non-hydrogen) atoms. The quantitative estimate of drug-likeness (QED) is 0.315. The Labute approximate surface area is 311 Å². The summed E-state index contributed by atoms with van der Waals surface area (Å²) in [6.45, 7) is 7.90. The molecule has 14 atom stereocenters. The van der Waals surface area contributed by atoms with Crippen LogP contribution in [0.3, 0.4) is 0 Å². The number of hydrogen-bond acceptors (Lipinski definition) is 11. The number of aromatic nitrogens is 1. The number of benzene rings is 1. The van der Waals surface area contributed by atoms with Gasteiger partial charge in [0.15, 0.2) is 12.1 Å². The highest BCUT2D eigenvalue weighted by Gasteiger charge is 2.57. The Hall–Kier alpha value is -2.51. The summed E-state index contributed by atoms with van der Waals surface area (Å²) in [5.41, 5.74) is 3.86. The fourth-order valence-corrected chi connectivity index (χ4v) is 11.1.